The van der Waals surface area contributed by atoms with Crippen molar-refractivity contribution in [2.75, 3.05) is 5.75 Å². The summed E-state index contributed by atoms with van der Waals surface area (Å²) >= 11 is 0. The van der Waals surface area contributed by atoms with Crippen LogP contribution in [0.5, 0.6) is 0 Å². The first-order chi connectivity index (χ1) is 10.8. The summed E-state index contributed by atoms with van der Waals surface area (Å²) in [6, 6.07) is 17.3. The van der Waals surface area contributed by atoms with Crippen LogP contribution in [0, 0.1) is 5.92 Å². The fourth-order valence-corrected chi connectivity index (χ4v) is 5.36. The maximum absolute atomic E-state index is 12.9. The van der Waals surface area contributed by atoms with Gasteiger partial charge in [-0.3, -0.25) is 5.32 Å². The van der Waals surface area contributed by atoms with Crippen LogP contribution in [0.2, 0.25) is 0 Å². The summed E-state index contributed by atoms with van der Waals surface area (Å²) in [6.07, 6.45) is 0. The number of hydrogen-bond acceptors (Lipinski definition) is 3. The normalized spacial score (nSPS) is 26.5. The van der Waals surface area contributed by atoms with Gasteiger partial charge in [0, 0.05) is 5.54 Å². The van der Waals surface area contributed by atoms with E-state index >= 15 is 0 Å². The lowest BCUT2D eigenvalue weighted by molar-refractivity contribution is 0.274. The van der Waals surface area contributed by atoms with Gasteiger partial charge in [-0.05, 0) is 30.0 Å². The lowest BCUT2D eigenvalue weighted by Gasteiger charge is -2.36. The minimum absolute atomic E-state index is 0.109. The van der Waals surface area contributed by atoms with Gasteiger partial charge in [-0.2, -0.15) is 0 Å². The van der Waals surface area contributed by atoms with E-state index in [4.69, 9.17) is 0 Å². The van der Waals surface area contributed by atoms with Crippen LogP contribution >= 0.6 is 0 Å². The molecule has 0 unspecified atom stereocenters. The first kappa shape index (κ1) is 16.2. The molecule has 0 aliphatic carbocycles. The van der Waals surface area contributed by atoms with Crippen LogP contribution in [0.3, 0.4) is 0 Å². The molecule has 0 radical (unpaired) electrons. The van der Waals surface area contributed by atoms with Crippen molar-refractivity contribution >= 4 is 9.84 Å². The third-order valence-electron chi connectivity index (χ3n) is 4.94. The van der Waals surface area contributed by atoms with Gasteiger partial charge in [0.1, 0.15) is 0 Å². The summed E-state index contributed by atoms with van der Waals surface area (Å²) in [7, 11) is -3.33. The Hall–Kier alpha value is -1.65. The Morgan fingerprint density at radius 2 is 1.65 bits per heavy atom. The van der Waals surface area contributed by atoms with Crippen LogP contribution < -0.4 is 5.32 Å². The SMILES string of the molecule is CC(C)[C@]1(C)CS(=O)(=O)c2ccccc2[C@@H](c2ccccc2)N1. The number of nitrogens with one attached hydrogen (secondary N) is 1. The third-order valence-corrected chi connectivity index (χ3v) is 6.96. The molecule has 0 saturated heterocycles. The predicted molar refractivity (Wildman–Crippen MR) is 93.2 cm³/mol. The molecular weight excluding hydrogens is 306 g/mol. The van der Waals surface area contributed by atoms with Crippen molar-refractivity contribution in [3.63, 3.8) is 0 Å². The quantitative estimate of drug-likeness (QED) is 0.916. The van der Waals surface area contributed by atoms with E-state index in [0.29, 0.717) is 4.90 Å². The second-order valence-electron chi connectivity index (χ2n) is 6.86. The molecule has 1 aliphatic heterocycles. The summed E-state index contributed by atoms with van der Waals surface area (Å²) in [5.41, 5.74) is 1.44. The van der Waals surface area contributed by atoms with Crippen LogP contribution in [-0.4, -0.2) is 19.7 Å². The van der Waals surface area contributed by atoms with E-state index in [9.17, 15) is 8.42 Å². The monoisotopic (exact) mass is 329 g/mol. The van der Waals surface area contributed by atoms with E-state index in [1.165, 1.54) is 0 Å². The summed E-state index contributed by atoms with van der Waals surface area (Å²) in [5.74, 6) is 0.302. The zero-order valence-electron chi connectivity index (χ0n) is 13.8. The van der Waals surface area contributed by atoms with Gasteiger partial charge in [-0.1, -0.05) is 62.4 Å². The van der Waals surface area contributed by atoms with E-state index in [1.54, 1.807) is 12.1 Å². The number of sulfone groups is 1. The van der Waals surface area contributed by atoms with Crippen LogP contribution in [0.1, 0.15) is 37.9 Å². The molecule has 3 nitrogen and oxygen atoms in total. The van der Waals surface area contributed by atoms with E-state index in [-0.39, 0.29) is 17.7 Å². The van der Waals surface area contributed by atoms with Crippen LogP contribution in [0.4, 0.5) is 0 Å². The van der Waals surface area contributed by atoms with Gasteiger partial charge in [-0.25, -0.2) is 8.42 Å². The van der Waals surface area contributed by atoms with Crippen molar-refractivity contribution in [3.05, 3.63) is 65.7 Å². The lowest BCUT2D eigenvalue weighted by atomic mass is 9.87. The lowest BCUT2D eigenvalue weighted by Crippen LogP contribution is -2.51. The van der Waals surface area contributed by atoms with Crippen molar-refractivity contribution < 1.29 is 8.42 Å². The van der Waals surface area contributed by atoms with Gasteiger partial charge < -0.3 is 0 Å². The highest BCUT2D eigenvalue weighted by Crippen LogP contribution is 2.37. The zero-order valence-corrected chi connectivity index (χ0v) is 14.6. The molecule has 2 atom stereocenters. The topological polar surface area (TPSA) is 46.2 Å². The molecule has 1 N–H and O–H groups in total. The number of fused-ring (bicyclic) bond motifs is 1. The van der Waals surface area contributed by atoms with E-state index in [0.717, 1.165) is 11.1 Å². The Morgan fingerprint density at radius 3 is 2.30 bits per heavy atom. The predicted octanol–water partition coefficient (Wildman–Crippen LogP) is 3.57. The van der Waals surface area contributed by atoms with Gasteiger partial charge >= 0.3 is 0 Å². The molecule has 0 amide bonds. The van der Waals surface area contributed by atoms with Crippen LogP contribution in [-0.2, 0) is 9.84 Å². The van der Waals surface area contributed by atoms with E-state index in [2.05, 4.69) is 19.2 Å². The minimum Gasteiger partial charge on any atom is -0.300 e. The molecule has 0 fully saturated rings. The highest BCUT2D eigenvalue weighted by Gasteiger charge is 2.41. The van der Waals surface area contributed by atoms with Crippen molar-refractivity contribution in [1.29, 1.82) is 0 Å². The number of rotatable bonds is 2. The fraction of sp³-hybridized carbons (Fsp3) is 0.368. The van der Waals surface area contributed by atoms with Crippen LogP contribution in [0.15, 0.2) is 59.5 Å². The molecule has 2 aromatic rings. The van der Waals surface area contributed by atoms with Gasteiger partial charge in [0.2, 0.25) is 0 Å². The molecule has 0 aromatic heterocycles. The summed E-state index contributed by atoms with van der Waals surface area (Å²) in [6.45, 7) is 6.15. The molecule has 2 aromatic carbocycles. The molecule has 122 valence electrons. The van der Waals surface area contributed by atoms with Crippen LogP contribution in [0.25, 0.3) is 0 Å². The molecule has 0 spiro atoms. The molecule has 0 saturated carbocycles. The first-order valence-corrected chi connectivity index (χ1v) is 9.63. The summed E-state index contributed by atoms with van der Waals surface area (Å²) in [5, 5.41) is 3.64. The highest BCUT2D eigenvalue weighted by atomic mass is 32.2. The molecular formula is C19H23NO2S. The molecule has 23 heavy (non-hydrogen) atoms. The molecule has 0 bridgehead atoms. The second-order valence-corrected chi connectivity index (χ2v) is 8.82. The standard InChI is InChI=1S/C19H23NO2S/c1-14(2)19(3)13-23(21,22)17-12-8-7-11-16(17)18(20-19)15-9-5-4-6-10-15/h4-12,14,18,20H,13H2,1-3H3/t18-,19+/m1/s1. The maximum atomic E-state index is 12.9. The van der Waals surface area contributed by atoms with Gasteiger partial charge in [0.05, 0.1) is 16.7 Å². The average molecular weight is 329 g/mol. The Kier molecular flexibility index (Phi) is 4.07. The first-order valence-electron chi connectivity index (χ1n) is 7.98. The Labute approximate surface area is 138 Å². The highest BCUT2D eigenvalue weighted by molar-refractivity contribution is 7.91. The Bertz CT molecular complexity index is 799. The second kappa shape index (κ2) is 5.77. The van der Waals surface area contributed by atoms with Crippen molar-refractivity contribution in [1.82, 2.24) is 5.32 Å². The van der Waals surface area contributed by atoms with Crippen molar-refractivity contribution in [2.45, 2.75) is 37.2 Å². The van der Waals surface area contributed by atoms with Crippen molar-refractivity contribution in [3.8, 4) is 0 Å². The third kappa shape index (κ3) is 2.93. The fourth-order valence-electron chi connectivity index (χ4n) is 3.17. The maximum Gasteiger partial charge on any atom is 0.180 e. The molecule has 1 aliphatic rings. The zero-order chi connectivity index (χ0) is 16.7. The summed E-state index contributed by atoms with van der Waals surface area (Å²) < 4.78 is 25.9. The summed E-state index contributed by atoms with van der Waals surface area (Å²) in [4.78, 5) is 0.450. The number of hydrogen-bond donors (Lipinski definition) is 1. The van der Waals surface area contributed by atoms with Gasteiger partial charge in [0.25, 0.3) is 0 Å². The van der Waals surface area contributed by atoms with Crippen molar-refractivity contribution in [2.24, 2.45) is 5.92 Å². The van der Waals surface area contributed by atoms with E-state index in [1.807, 2.05) is 49.4 Å². The Balaban J connectivity index is 2.24. The Morgan fingerprint density at radius 1 is 1.04 bits per heavy atom. The largest absolute Gasteiger partial charge is 0.300 e. The minimum atomic E-state index is -3.33. The van der Waals surface area contributed by atoms with E-state index < -0.39 is 15.4 Å². The van der Waals surface area contributed by atoms with Gasteiger partial charge in [-0.15, -0.1) is 0 Å². The number of benzene rings is 2. The average Bonchev–Trinajstić information content (AvgIpc) is 2.62. The molecule has 3 rings (SSSR count). The molecule has 1 heterocycles. The smallest absolute Gasteiger partial charge is 0.180 e. The van der Waals surface area contributed by atoms with Gasteiger partial charge in [0.15, 0.2) is 9.84 Å². The molecule has 4 heteroatoms.